The Morgan fingerprint density at radius 1 is 1.08 bits per heavy atom. The molecule has 3 rings (SSSR count). The van der Waals surface area contributed by atoms with Gasteiger partial charge in [-0.05, 0) is 31.5 Å². The van der Waals surface area contributed by atoms with Crippen LogP contribution in [0, 0.1) is 0 Å². The summed E-state index contributed by atoms with van der Waals surface area (Å²) in [7, 11) is 0. The molecule has 2 aromatic carbocycles. The summed E-state index contributed by atoms with van der Waals surface area (Å²) in [5, 5.41) is 12.7. The number of hydrogen-bond donors (Lipinski definition) is 2. The number of benzene rings is 2. The first-order valence-electron chi connectivity index (χ1n) is 8.12. The summed E-state index contributed by atoms with van der Waals surface area (Å²) in [6.45, 7) is 3.22. The third kappa shape index (κ3) is 3.70. The number of carboxylic acid groups (broad SMARTS) is 1. The van der Waals surface area contributed by atoms with Crippen molar-refractivity contribution in [3.8, 4) is 5.75 Å². The van der Waals surface area contributed by atoms with Crippen LogP contribution in [0.2, 0.25) is 0 Å². The lowest BCUT2D eigenvalue weighted by Gasteiger charge is -2.20. The molecule has 0 unspecified atom stereocenters. The van der Waals surface area contributed by atoms with E-state index in [-0.39, 0.29) is 0 Å². The molecule has 0 fully saturated rings. The molecule has 0 saturated heterocycles. The van der Waals surface area contributed by atoms with E-state index in [0.717, 1.165) is 15.6 Å². The normalized spacial score (nSPS) is 11.3. The zero-order valence-corrected chi connectivity index (χ0v) is 15.3. The van der Waals surface area contributed by atoms with E-state index in [2.05, 4.69) is 5.32 Å². The Bertz CT molecular complexity index is 947. The largest absolute Gasteiger partial charge is 0.487 e. The highest BCUT2D eigenvalue weighted by Gasteiger charge is 2.31. The van der Waals surface area contributed by atoms with Crippen LogP contribution in [0.4, 0.5) is 0 Å². The molecular formula is C20H19NO4S. The molecular weight excluding hydrogens is 350 g/mol. The molecule has 3 aromatic rings. The molecule has 1 amide bonds. The second-order valence-corrected chi connectivity index (χ2v) is 7.47. The number of rotatable bonds is 6. The van der Waals surface area contributed by atoms with E-state index in [0.29, 0.717) is 17.2 Å². The summed E-state index contributed by atoms with van der Waals surface area (Å²) < 4.78 is 6.89. The molecule has 1 aromatic heterocycles. The van der Waals surface area contributed by atoms with Gasteiger partial charge in [0.15, 0.2) is 5.75 Å². The van der Waals surface area contributed by atoms with E-state index in [9.17, 15) is 14.7 Å². The number of carbonyl (C=O) groups is 2. The van der Waals surface area contributed by atoms with Gasteiger partial charge in [-0.3, -0.25) is 4.79 Å². The van der Waals surface area contributed by atoms with Crippen LogP contribution >= 0.6 is 11.3 Å². The first kappa shape index (κ1) is 17.9. The first-order valence-corrected chi connectivity index (χ1v) is 8.94. The molecule has 1 heterocycles. The lowest BCUT2D eigenvalue weighted by atomic mass is 10.1. The fraction of sp³-hybridized carbons (Fsp3) is 0.200. The van der Waals surface area contributed by atoms with Gasteiger partial charge < -0.3 is 15.2 Å². The molecule has 0 radical (unpaired) electrons. The zero-order chi connectivity index (χ0) is 18.7. The average Bonchev–Trinajstić information content (AvgIpc) is 2.99. The van der Waals surface area contributed by atoms with Crippen molar-refractivity contribution in [3.63, 3.8) is 0 Å². The lowest BCUT2D eigenvalue weighted by Crippen LogP contribution is -2.49. The molecule has 0 spiro atoms. The van der Waals surface area contributed by atoms with Crippen LogP contribution < -0.4 is 10.1 Å². The van der Waals surface area contributed by atoms with Gasteiger partial charge in [0.2, 0.25) is 0 Å². The quantitative estimate of drug-likeness (QED) is 0.687. The molecule has 134 valence electrons. The average molecular weight is 369 g/mol. The second-order valence-electron chi connectivity index (χ2n) is 6.42. The highest BCUT2D eigenvalue weighted by atomic mass is 32.1. The Morgan fingerprint density at radius 3 is 2.42 bits per heavy atom. The highest BCUT2D eigenvalue weighted by Crippen LogP contribution is 2.38. The fourth-order valence-corrected chi connectivity index (χ4v) is 3.48. The third-order valence-corrected chi connectivity index (χ3v) is 5.09. The van der Waals surface area contributed by atoms with Crippen LogP contribution in [0.5, 0.6) is 5.75 Å². The van der Waals surface area contributed by atoms with Gasteiger partial charge >= 0.3 is 5.97 Å². The maximum Gasteiger partial charge on any atom is 0.328 e. The van der Waals surface area contributed by atoms with E-state index in [1.807, 2.05) is 54.6 Å². The Morgan fingerprint density at radius 2 is 1.73 bits per heavy atom. The maximum atomic E-state index is 12.7. The van der Waals surface area contributed by atoms with Crippen molar-refractivity contribution in [2.24, 2.45) is 0 Å². The molecule has 5 nitrogen and oxygen atoms in total. The number of nitrogens with one attached hydrogen (secondary N) is 1. The topological polar surface area (TPSA) is 75.6 Å². The molecule has 0 atom stereocenters. The number of aliphatic carboxylic acids is 1. The van der Waals surface area contributed by atoms with Gasteiger partial charge in [-0.25, -0.2) is 4.79 Å². The minimum Gasteiger partial charge on any atom is -0.487 e. The third-order valence-electron chi connectivity index (χ3n) is 3.94. The molecule has 0 bridgehead atoms. The Hall–Kier alpha value is -2.86. The number of carbonyl (C=O) groups excluding carboxylic acids is 1. The number of carboxylic acids is 1. The molecule has 0 aliphatic rings. The zero-order valence-electron chi connectivity index (χ0n) is 14.5. The van der Waals surface area contributed by atoms with Gasteiger partial charge in [-0.2, -0.15) is 0 Å². The van der Waals surface area contributed by atoms with Gasteiger partial charge in [0.1, 0.15) is 17.0 Å². The van der Waals surface area contributed by atoms with E-state index in [4.69, 9.17) is 4.74 Å². The predicted octanol–water partition coefficient (Wildman–Crippen LogP) is 4.07. The summed E-state index contributed by atoms with van der Waals surface area (Å²) in [6, 6.07) is 17.2. The van der Waals surface area contributed by atoms with Gasteiger partial charge in [0, 0.05) is 10.1 Å². The molecule has 0 aliphatic heterocycles. The van der Waals surface area contributed by atoms with E-state index in [1.54, 1.807) is 0 Å². The van der Waals surface area contributed by atoms with Crippen molar-refractivity contribution >= 4 is 33.3 Å². The number of ether oxygens (including phenoxy) is 1. The van der Waals surface area contributed by atoms with Crippen LogP contribution in [-0.2, 0) is 11.4 Å². The van der Waals surface area contributed by atoms with Crippen LogP contribution in [0.25, 0.3) is 10.1 Å². The minimum absolute atomic E-state index is 0.324. The Labute approximate surface area is 155 Å². The van der Waals surface area contributed by atoms with Crippen LogP contribution in [-0.4, -0.2) is 22.5 Å². The van der Waals surface area contributed by atoms with Gasteiger partial charge in [0.25, 0.3) is 5.91 Å². The number of hydrogen-bond acceptors (Lipinski definition) is 4. The van der Waals surface area contributed by atoms with Crippen molar-refractivity contribution in [1.29, 1.82) is 0 Å². The predicted molar refractivity (Wildman–Crippen MR) is 102 cm³/mol. The number of amides is 1. The summed E-state index contributed by atoms with van der Waals surface area (Å²) >= 11 is 1.29. The molecule has 2 N–H and O–H groups in total. The van der Waals surface area contributed by atoms with Crippen molar-refractivity contribution in [3.05, 3.63) is 65.0 Å². The van der Waals surface area contributed by atoms with E-state index >= 15 is 0 Å². The van der Waals surface area contributed by atoms with Gasteiger partial charge in [-0.15, -0.1) is 11.3 Å². The van der Waals surface area contributed by atoms with Crippen molar-refractivity contribution in [2.45, 2.75) is 26.0 Å². The van der Waals surface area contributed by atoms with Gasteiger partial charge in [0.05, 0.1) is 0 Å². The fourth-order valence-electron chi connectivity index (χ4n) is 2.44. The SMILES string of the molecule is CC(C)(NC(=O)c1sc2ccccc2c1OCc1ccccc1)C(=O)O. The molecule has 0 aliphatic carbocycles. The smallest absolute Gasteiger partial charge is 0.328 e. The highest BCUT2D eigenvalue weighted by molar-refractivity contribution is 7.21. The monoisotopic (exact) mass is 369 g/mol. The maximum absolute atomic E-state index is 12.7. The lowest BCUT2D eigenvalue weighted by molar-refractivity contribution is -0.143. The Balaban J connectivity index is 1.94. The van der Waals surface area contributed by atoms with Crippen LogP contribution in [0.3, 0.4) is 0 Å². The van der Waals surface area contributed by atoms with Crippen LogP contribution in [0.15, 0.2) is 54.6 Å². The minimum atomic E-state index is -1.37. The Kier molecular flexibility index (Phi) is 4.95. The van der Waals surface area contributed by atoms with Crippen molar-refractivity contribution < 1.29 is 19.4 Å². The number of fused-ring (bicyclic) bond motifs is 1. The summed E-state index contributed by atoms with van der Waals surface area (Å²) in [5.74, 6) is -1.08. The van der Waals surface area contributed by atoms with E-state index in [1.165, 1.54) is 25.2 Å². The van der Waals surface area contributed by atoms with Gasteiger partial charge in [-0.1, -0.05) is 42.5 Å². The second kappa shape index (κ2) is 7.17. The standard InChI is InChI=1S/C20H19NO4S/c1-20(2,19(23)24)21-18(22)17-16(14-10-6-7-11-15(14)26-17)25-12-13-8-4-3-5-9-13/h3-11H,12H2,1-2H3,(H,21,22)(H,23,24). The van der Waals surface area contributed by atoms with Crippen molar-refractivity contribution in [1.82, 2.24) is 5.32 Å². The van der Waals surface area contributed by atoms with E-state index < -0.39 is 17.4 Å². The summed E-state index contributed by atoms with van der Waals surface area (Å²) in [4.78, 5) is 24.4. The first-order chi connectivity index (χ1) is 12.4. The van der Waals surface area contributed by atoms with Crippen LogP contribution in [0.1, 0.15) is 29.1 Å². The summed E-state index contributed by atoms with van der Waals surface area (Å²) in [6.07, 6.45) is 0. The molecule has 0 saturated carbocycles. The molecule has 6 heteroatoms. The summed E-state index contributed by atoms with van der Waals surface area (Å²) in [5.41, 5.74) is -0.385. The molecule has 26 heavy (non-hydrogen) atoms. The van der Waals surface area contributed by atoms with Crippen molar-refractivity contribution in [2.75, 3.05) is 0 Å². The number of thiophene rings is 1.